The lowest BCUT2D eigenvalue weighted by atomic mass is 9.80. The zero-order chi connectivity index (χ0) is 13.4. The number of hydrogen-bond acceptors (Lipinski definition) is 2. The molecule has 1 saturated heterocycles. The normalized spacial score (nSPS) is 24.9. The summed E-state index contributed by atoms with van der Waals surface area (Å²) in [4.78, 5) is 2.64. The molecule has 2 nitrogen and oxygen atoms in total. The number of hydrogen-bond donors (Lipinski definition) is 1. The van der Waals surface area contributed by atoms with E-state index in [1.165, 1.54) is 70.1 Å². The average Bonchev–Trinajstić information content (AvgIpc) is 2.95. The SMILES string of the molecule is c1cc2c(cc1N1CCNC3(CCCCC3)C1)CCC2. The lowest BCUT2D eigenvalue weighted by Gasteiger charge is -2.47. The van der Waals surface area contributed by atoms with Crippen molar-refractivity contribution in [3.63, 3.8) is 0 Å². The number of anilines is 1. The molecule has 0 bridgehead atoms. The van der Waals surface area contributed by atoms with Crippen molar-refractivity contribution in [3.05, 3.63) is 29.3 Å². The molecule has 2 aliphatic carbocycles. The van der Waals surface area contributed by atoms with E-state index < -0.39 is 0 Å². The van der Waals surface area contributed by atoms with Gasteiger partial charge in [0.2, 0.25) is 0 Å². The maximum absolute atomic E-state index is 3.84. The van der Waals surface area contributed by atoms with E-state index in [2.05, 4.69) is 28.4 Å². The van der Waals surface area contributed by atoms with E-state index in [9.17, 15) is 0 Å². The van der Waals surface area contributed by atoms with Crippen molar-refractivity contribution in [1.29, 1.82) is 0 Å². The van der Waals surface area contributed by atoms with Gasteiger partial charge in [-0.05, 0) is 55.4 Å². The zero-order valence-electron chi connectivity index (χ0n) is 12.5. The molecule has 2 heteroatoms. The van der Waals surface area contributed by atoms with E-state index in [4.69, 9.17) is 0 Å². The van der Waals surface area contributed by atoms with Gasteiger partial charge < -0.3 is 10.2 Å². The highest BCUT2D eigenvalue weighted by Gasteiger charge is 2.36. The standard InChI is InChI=1S/C18H26N2/c1-2-9-18(10-3-1)14-20(12-11-19-18)17-8-7-15-5-4-6-16(15)13-17/h7-8,13,19H,1-6,9-12,14H2. The molecule has 0 aromatic heterocycles. The van der Waals surface area contributed by atoms with Crippen molar-refractivity contribution in [2.24, 2.45) is 0 Å². The highest BCUT2D eigenvalue weighted by atomic mass is 15.2. The molecule has 4 rings (SSSR count). The summed E-state index contributed by atoms with van der Waals surface area (Å²) in [5.41, 5.74) is 5.09. The Labute approximate surface area is 122 Å². The van der Waals surface area contributed by atoms with Crippen molar-refractivity contribution in [2.75, 3.05) is 24.5 Å². The first-order valence-electron chi connectivity index (χ1n) is 8.47. The Morgan fingerprint density at radius 1 is 0.950 bits per heavy atom. The van der Waals surface area contributed by atoms with Crippen LogP contribution in [0.15, 0.2) is 18.2 Å². The van der Waals surface area contributed by atoms with Crippen molar-refractivity contribution >= 4 is 5.69 Å². The molecule has 3 aliphatic rings. The van der Waals surface area contributed by atoms with Gasteiger partial charge in [-0.15, -0.1) is 0 Å². The van der Waals surface area contributed by atoms with Crippen LogP contribution in [0.2, 0.25) is 0 Å². The largest absolute Gasteiger partial charge is 0.368 e. The minimum atomic E-state index is 0.412. The van der Waals surface area contributed by atoms with Gasteiger partial charge in [-0.3, -0.25) is 0 Å². The summed E-state index contributed by atoms with van der Waals surface area (Å²) in [7, 11) is 0. The Bertz CT molecular complexity index is 483. The van der Waals surface area contributed by atoms with Crippen molar-refractivity contribution in [2.45, 2.75) is 56.9 Å². The van der Waals surface area contributed by atoms with E-state index in [1.807, 2.05) is 0 Å². The number of nitrogens with zero attached hydrogens (tertiary/aromatic N) is 1. The highest BCUT2D eigenvalue weighted by molar-refractivity contribution is 5.53. The number of rotatable bonds is 1. The summed E-state index contributed by atoms with van der Waals surface area (Å²) in [6, 6.07) is 7.23. The van der Waals surface area contributed by atoms with E-state index in [-0.39, 0.29) is 0 Å². The van der Waals surface area contributed by atoms with Gasteiger partial charge in [0.1, 0.15) is 0 Å². The van der Waals surface area contributed by atoms with Gasteiger partial charge in [-0.1, -0.05) is 25.3 Å². The predicted molar refractivity (Wildman–Crippen MR) is 84.5 cm³/mol. The molecule has 0 amide bonds. The van der Waals surface area contributed by atoms with Crippen molar-refractivity contribution in [1.82, 2.24) is 5.32 Å². The number of fused-ring (bicyclic) bond motifs is 1. The molecule has 20 heavy (non-hydrogen) atoms. The second-order valence-electron chi connectivity index (χ2n) is 7.00. The number of benzene rings is 1. The maximum Gasteiger partial charge on any atom is 0.0370 e. The van der Waals surface area contributed by atoms with Crippen LogP contribution >= 0.6 is 0 Å². The summed E-state index contributed by atoms with van der Waals surface area (Å²) < 4.78 is 0. The van der Waals surface area contributed by atoms with Gasteiger partial charge >= 0.3 is 0 Å². The first-order chi connectivity index (χ1) is 9.85. The minimum absolute atomic E-state index is 0.412. The van der Waals surface area contributed by atoms with Crippen molar-refractivity contribution < 1.29 is 0 Å². The topological polar surface area (TPSA) is 15.3 Å². The summed E-state index contributed by atoms with van der Waals surface area (Å²) in [6.07, 6.45) is 10.9. The van der Waals surface area contributed by atoms with Crippen LogP contribution in [0.4, 0.5) is 5.69 Å². The van der Waals surface area contributed by atoms with Crippen LogP contribution in [0.1, 0.15) is 49.7 Å². The highest BCUT2D eigenvalue weighted by Crippen LogP contribution is 2.33. The second kappa shape index (κ2) is 5.07. The molecule has 108 valence electrons. The molecule has 1 aromatic carbocycles. The van der Waals surface area contributed by atoms with Crippen LogP contribution in [-0.4, -0.2) is 25.2 Å². The third kappa shape index (κ3) is 2.24. The fraction of sp³-hybridized carbons (Fsp3) is 0.667. The smallest absolute Gasteiger partial charge is 0.0370 e. The first kappa shape index (κ1) is 12.7. The Balaban J connectivity index is 1.55. The molecule has 1 aliphatic heterocycles. The predicted octanol–water partition coefficient (Wildman–Crippen LogP) is 3.29. The molecule has 0 unspecified atom stereocenters. The van der Waals surface area contributed by atoms with Crippen LogP contribution in [0.3, 0.4) is 0 Å². The van der Waals surface area contributed by atoms with Gasteiger partial charge in [0, 0.05) is 30.9 Å². The molecule has 2 fully saturated rings. The van der Waals surface area contributed by atoms with Crippen molar-refractivity contribution in [3.8, 4) is 0 Å². The van der Waals surface area contributed by atoms with E-state index in [0.717, 1.165) is 6.54 Å². The lowest BCUT2D eigenvalue weighted by Crippen LogP contribution is -2.61. The van der Waals surface area contributed by atoms with Gasteiger partial charge in [-0.2, -0.15) is 0 Å². The van der Waals surface area contributed by atoms with Gasteiger partial charge in [0.05, 0.1) is 0 Å². The van der Waals surface area contributed by atoms with Gasteiger partial charge in [-0.25, -0.2) is 0 Å². The van der Waals surface area contributed by atoms with Crippen LogP contribution in [0.5, 0.6) is 0 Å². The Kier molecular flexibility index (Phi) is 3.22. The van der Waals surface area contributed by atoms with Gasteiger partial charge in [0.15, 0.2) is 0 Å². The van der Waals surface area contributed by atoms with Crippen LogP contribution in [-0.2, 0) is 12.8 Å². The Hall–Kier alpha value is -1.02. The molecule has 0 radical (unpaired) electrons. The molecular formula is C18H26N2. The third-order valence-electron chi connectivity index (χ3n) is 5.63. The second-order valence-corrected chi connectivity index (χ2v) is 7.00. The molecule has 1 spiro atoms. The maximum atomic E-state index is 3.84. The summed E-state index contributed by atoms with van der Waals surface area (Å²) >= 11 is 0. The average molecular weight is 270 g/mol. The van der Waals surface area contributed by atoms with Crippen LogP contribution in [0, 0.1) is 0 Å². The Morgan fingerprint density at radius 2 is 1.80 bits per heavy atom. The number of piperazine rings is 1. The van der Waals surface area contributed by atoms with Gasteiger partial charge in [0.25, 0.3) is 0 Å². The lowest BCUT2D eigenvalue weighted by molar-refractivity contribution is 0.216. The number of aryl methyl sites for hydroxylation is 2. The molecular weight excluding hydrogens is 244 g/mol. The van der Waals surface area contributed by atoms with Crippen LogP contribution in [0.25, 0.3) is 0 Å². The van der Waals surface area contributed by atoms with E-state index in [1.54, 1.807) is 11.1 Å². The quantitative estimate of drug-likeness (QED) is 0.842. The molecule has 1 heterocycles. The number of nitrogens with one attached hydrogen (secondary N) is 1. The monoisotopic (exact) mass is 270 g/mol. The summed E-state index contributed by atoms with van der Waals surface area (Å²) in [6.45, 7) is 3.53. The fourth-order valence-corrected chi connectivity index (χ4v) is 4.50. The van der Waals surface area contributed by atoms with E-state index in [0.29, 0.717) is 5.54 Å². The fourth-order valence-electron chi connectivity index (χ4n) is 4.50. The Morgan fingerprint density at radius 3 is 2.70 bits per heavy atom. The minimum Gasteiger partial charge on any atom is -0.368 e. The zero-order valence-corrected chi connectivity index (χ0v) is 12.5. The summed E-state index contributed by atoms with van der Waals surface area (Å²) in [5, 5.41) is 3.84. The molecule has 1 N–H and O–H groups in total. The van der Waals surface area contributed by atoms with E-state index >= 15 is 0 Å². The molecule has 1 aromatic rings. The first-order valence-corrected chi connectivity index (χ1v) is 8.47. The summed E-state index contributed by atoms with van der Waals surface area (Å²) in [5.74, 6) is 0. The third-order valence-corrected chi connectivity index (χ3v) is 5.63. The molecule has 0 atom stereocenters. The molecule has 1 saturated carbocycles. The van der Waals surface area contributed by atoms with Crippen LogP contribution < -0.4 is 10.2 Å².